The fraction of sp³-hybridized carbons (Fsp3) is 0.211. The van der Waals surface area contributed by atoms with Crippen LogP contribution in [0.5, 0.6) is 11.5 Å². The van der Waals surface area contributed by atoms with Crippen molar-refractivity contribution in [2.45, 2.75) is 13.0 Å². The van der Waals surface area contributed by atoms with Gasteiger partial charge in [-0.05, 0) is 30.3 Å². The van der Waals surface area contributed by atoms with Gasteiger partial charge in [0.2, 0.25) is 0 Å². The quantitative estimate of drug-likeness (QED) is 0.676. The van der Waals surface area contributed by atoms with E-state index in [0.717, 1.165) is 6.42 Å². The minimum Gasteiger partial charge on any atom is -0.490 e. The summed E-state index contributed by atoms with van der Waals surface area (Å²) in [6.45, 7) is 0.924. The third-order valence-corrected chi connectivity index (χ3v) is 4.17. The third-order valence-electron chi connectivity index (χ3n) is 4.17. The maximum atomic E-state index is 13.2. The first-order valence-corrected chi connectivity index (χ1v) is 8.19. The molecule has 1 aromatic heterocycles. The number of rotatable bonds is 3. The Kier molecular flexibility index (Phi) is 4.12. The number of Topliss-reactive ketones (excluding diaryl/α,β-unsaturated/α-hetero) is 1. The number of fused-ring (bicyclic) bond motifs is 2. The van der Waals surface area contributed by atoms with Crippen LogP contribution in [0, 0.1) is 5.82 Å². The molecule has 1 aliphatic heterocycles. The zero-order valence-corrected chi connectivity index (χ0v) is 13.8. The van der Waals surface area contributed by atoms with Crippen molar-refractivity contribution >= 4 is 16.7 Å². The van der Waals surface area contributed by atoms with Gasteiger partial charge in [-0.1, -0.05) is 0 Å². The Labute approximate surface area is 147 Å². The zero-order valence-electron chi connectivity index (χ0n) is 13.8. The van der Waals surface area contributed by atoms with E-state index in [1.807, 2.05) is 0 Å². The van der Waals surface area contributed by atoms with Gasteiger partial charge >= 0.3 is 0 Å². The molecule has 0 atom stereocenters. The number of benzene rings is 2. The molecule has 0 N–H and O–H groups in total. The van der Waals surface area contributed by atoms with Crippen LogP contribution >= 0.6 is 0 Å². The van der Waals surface area contributed by atoms with Gasteiger partial charge in [-0.3, -0.25) is 14.2 Å². The Bertz CT molecular complexity index is 1060. The summed E-state index contributed by atoms with van der Waals surface area (Å²) >= 11 is 0. The Morgan fingerprint density at radius 1 is 1.12 bits per heavy atom. The van der Waals surface area contributed by atoms with Crippen LogP contribution in [0.1, 0.15) is 16.8 Å². The van der Waals surface area contributed by atoms with E-state index in [2.05, 4.69) is 4.98 Å². The number of carbonyl (C=O) groups excluding carboxylic acids is 1. The first-order valence-electron chi connectivity index (χ1n) is 8.19. The predicted molar refractivity (Wildman–Crippen MR) is 92.3 cm³/mol. The topological polar surface area (TPSA) is 70.4 Å². The van der Waals surface area contributed by atoms with Crippen LogP contribution in [0.15, 0.2) is 47.5 Å². The Morgan fingerprint density at radius 2 is 1.92 bits per heavy atom. The minimum absolute atomic E-state index is 0.168. The van der Waals surface area contributed by atoms with Crippen LogP contribution in [0.25, 0.3) is 10.9 Å². The average molecular weight is 354 g/mol. The molecule has 4 rings (SSSR count). The number of hydrogen-bond donors (Lipinski definition) is 0. The first-order chi connectivity index (χ1) is 12.6. The molecule has 0 aliphatic carbocycles. The van der Waals surface area contributed by atoms with Gasteiger partial charge < -0.3 is 9.47 Å². The highest BCUT2D eigenvalue weighted by molar-refractivity contribution is 5.96. The number of aromatic nitrogens is 2. The van der Waals surface area contributed by atoms with Crippen LogP contribution in [0.2, 0.25) is 0 Å². The van der Waals surface area contributed by atoms with Gasteiger partial charge in [0.25, 0.3) is 5.56 Å². The molecule has 6 nitrogen and oxygen atoms in total. The van der Waals surface area contributed by atoms with Gasteiger partial charge in [0.1, 0.15) is 5.82 Å². The van der Waals surface area contributed by atoms with E-state index < -0.39 is 11.4 Å². The lowest BCUT2D eigenvalue weighted by molar-refractivity contribution is 0.0970. The molecule has 132 valence electrons. The number of halogens is 1. The summed E-state index contributed by atoms with van der Waals surface area (Å²) in [5, 5.41) is 0.264. The van der Waals surface area contributed by atoms with Gasteiger partial charge in [-0.2, -0.15) is 0 Å². The lowest BCUT2D eigenvalue weighted by atomic mass is 10.1. The first kappa shape index (κ1) is 16.3. The number of nitrogens with zero attached hydrogens (tertiary/aromatic N) is 2. The van der Waals surface area contributed by atoms with Gasteiger partial charge in [0.15, 0.2) is 17.3 Å². The fourth-order valence-electron chi connectivity index (χ4n) is 2.83. The van der Waals surface area contributed by atoms with Gasteiger partial charge in [-0.15, -0.1) is 0 Å². The van der Waals surface area contributed by atoms with Crippen molar-refractivity contribution in [3.8, 4) is 11.5 Å². The molecule has 1 aliphatic rings. The normalized spacial score (nSPS) is 13.4. The van der Waals surface area contributed by atoms with E-state index in [0.29, 0.717) is 30.3 Å². The van der Waals surface area contributed by atoms with E-state index in [-0.39, 0.29) is 23.2 Å². The molecular formula is C19H15FN2O4. The molecule has 2 aromatic carbocycles. The standard InChI is InChI=1S/C19H15FN2O4/c20-13-3-4-14-15(9-13)21-11-22(19(14)24)10-16(23)12-2-5-17-18(8-12)26-7-1-6-25-17/h2-5,8-9,11H,1,6-7,10H2. The van der Waals surface area contributed by atoms with Crippen LogP contribution in [0.4, 0.5) is 4.39 Å². The molecule has 0 bridgehead atoms. The van der Waals surface area contributed by atoms with E-state index >= 15 is 0 Å². The Hall–Kier alpha value is -3.22. The van der Waals surface area contributed by atoms with Crippen molar-refractivity contribution in [1.29, 1.82) is 0 Å². The molecule has 0 fully saturated rings. The number of ether oxygens (including phenoxy) is 2. The SMILES string of the molecule is O=C(Cn1cnc2cc(F)ccc2c1=O)c1ccc2c(c1)OCCCO2. The molecule has 0 unspecified atom stereocenters. The highest BCUT2D eigenvalue weighted by Gasteiger charge is 2.15. The van der Waals surface area contributed by atoms with Crippen LogP contribution in [-0.4, -0.2) is 28.5 Å². The van der Waals surface area contributed by atoms with Crippen LogP contribution in [0.3, 0.4) is 0 Å². The highest BCUT2D eigenvalue weighted by atomic mass is 19.1. The molecule has 3 aromatic rings. The Balaban J connectivity index is 1.63. The summed E-state index contributed by atoms with van der Waals surface area (Å²) in [4.78, 5) is 29.1. The molecule has 26 heavy (non-hydrogen) atoms. The maximum Gasteiger partial charge on any atom is 0.261 e. The van der Waals surface area contributed by atoms with Crippen molar-refractivity contribution in [3.05, 3.63) is 64.5 Å². The molecular weight excluding hydrogens is 339 g/mol. The van der Waals surface area contributed by atoms with E-state index in [9.17, 15) is 14.0 Å². The van der Waals surface area contributed by atoms with Crippen molar-refractivity contribution in [2.75, 3.05) is 13.2 Å². The molecule has 0 spiro atoms. The zero-order chi connectivity index (χ0) is 18.1. The summed E-state index contributed by atoms with van der Waals surface area (Å²) in [5.41, 5.74) is 0.285. The average Bonchev–Trinajstić information content (AvgIpc) is 2.88. The summed E-state index contributed by atoms with van der Waals surface area (Å²) in [7, 11) is 0. The maximum absolute atomic E-state index is 13.2. The summed E-state index contributed by atoms with van der Waals surface area (Å²) in [6, 6.07) is 8.71. The second-order valence-electron chi connectivity index (χ2n) is 5.97. The largest absolute Gasteiger partial charge is 0.490 e. The smallest absolute Gasteiger partial charge is 0.261 e. The molecule has 0 amide bonds. The third kappa shape index (κ3) is 3.03. The van der Waals surface area contributed by atoms with Crippen molar-refractivity contribution in [2.24, 2.45) is 0 Å². The van der Waals surface area contributed by atoms with Crippen molar-refractivity contribution < 1.29 is 18.7 Å². The van der Waals surface area contributed by atoms with Crippen LogP contribution < -0.4 is 15.0 Å². The molecule has 2 heterocycles. The summed E-state index contributed by atoms with van der Waals surface area (Å²) in [5.74, 6) is 0.398. The molecule has 7 heteroatoms. The van der Waals surface area contributed by atoms with Gasteiger partial charge in [-0.25, -0.2) is 9.37 Å². The van der Waals surface area contributed by atoms with E-state index in [1.165, 1.54) is 29.1 Å². The van der Waals surface area contributed by atoms with E-state index in [1.54, 1.807) is 18.2 Å². The van der Waals surface area contributed by atoms with Crippen LogP contribution in [-0.2, 0) is 6.54 Å². The lowest BCUT2D eigenvalue weighted by Gasteiger charge is -2.10. The molecule has 0 radical (unpaired) electrons. The molecule has 0 saturated heterocycles. The summed E-state index contributed by atoms with van der Waals surface area (Å²) in [6.07, 6.45) is 2.03. The Morgan fingerprint density at radius 3 is 2.77 bits per heavy atom. The second-order valence-corrected chi connectivity index (χ2v) is 5.97. The number of ketones is 1. The monoisotopic (exact) mass is 354 g/mol. The minimum atomic E-state index is -0.467. The van der Waals surface area contributed by atoms with Crippen molar-refractivity contribution in [1.82, 2.24) is 9.55 Å². The number of hydrogen-bond acceptors (Lipinski definition) is 5. The van der Waals surface area contributed by atoms with Crippen molar-refractivity contribution in [3.63, 3.8) is 0 Å². The van der Waals surface area contributed by atoms with E-state index in [4.69, 9.17) is 9.47 Å². The fourth-order valence-corrected chi connectivity index (χ4v) is 2.83. The lowest BCUT2D eigenvalue weighted by Crippen LogP contribution is -2.24. The highest BCUT2D eigenvalue weighted by Crippen LogP contribution is 2.30. The number of carbonyl (C=O) groups is 1. The predicted octanol–water partition coefficient (Wildman–Crippen LogP) is 2.58. The molecule has 0 saturated carbocycles. The van der Waals surface area contributed by atoms with Gasteiger partial charge in [0.05, 0.1) is 37.0 Å². The second kappa shape index (κ2) is 6.59. The summed E-state index contributed by atoms with van der Waals surface area (Å²) < 4.78 is 25.6. The van der Waals surface area contributed by atoms with Gasteiger partial charge in [0, 0.05) is 18.1 Å².